The number of rotatable bonds is 3. The first kappa shape index (κ1) is 14.6. The number of benzene rings is 1. The molecule has 0 saturated carbocycles. The molecule has 1 fully saturated rings. The summed E-state index contributed by atoms with van der Waals surface area (Å²) in [4.78, 5) is 23.2. The highest BCUT2D eigenvalue weighted by atomic mass is 16.6. The fourth-order valence-electron chi connectivity index (χ4n) is 2.47. The Morgan fingerprint density at radius 2 is 2.29 bits per heavy atom. The van der Waals surface area contributed by atoms with E-state index >= 15 is 0 Å². The number of aliphatic carboxylic acids is 1. The Morgan fingerprint density at radius 3 is 2.76 bits per heavy atom. The Balaban J connectivity index is 2.40. The van der Waals surface area contributed by atoms with Crippen molar-refractivity contribution in [1.82, 2.24) is 0 Å². The van der Waals surface area contributed by atoms with Gasteiger partial charge in [-0.15, -0.1) is 0 Å². The molecule has 1 unspecified atom stereocenters. The van der Waals surface area contributed by atoms with E-state index in [4.69, 9.17) is 11.0 Å². The van der Waals surface area contributed by atoms with E-state index in [0.717, 1.165) is 0 Å². The van der Waals surface area contributed by atoms with E-state index in [9.17, 15) is 20.0 Å². The van der Waals surface area contributed by atoms with Gasteiger partial charge in [0.25, 0.3) is 0 Å². The van der Waals surface area contributed by atoms with E-state index in [-0.39, 0.29) is 17.8 Å². The molecule has 0 radical (unpaired) electrons. The van der Waals surface area contributed by atoms with E-state index in [0.29, 0.717) is 18.7 Å². The van der Waals surface area contributed by atoms with Gasteiger partial charge in [-0.1, -0.05) is 0 Å². The number of nitro benzene ring substituents is 1. The fraction of sp³-hybridized carbons (Fsp3) is 0.385. The lowest BCUT2D eigenvalue weighted by atomic mass is 9.90. The summed E-state index contributed by atoms with van der Waals surface area (Å²) in [5.41, 5.74) is 4.67. The number of nitrogen functional groups attached to an aromatic ring is 1. The van der Waals surface area contributed by atoms with Crippen LogP contribution in [0.15, 0.2) is 12.1 Å². The highest BCUT2D eigenvalue weighted by Crippen LogP contribution is 2.37. The van der Waals surface area contributed by atoms with Crippen molar-refractivity contribution in [3.63, 3.8) is 0 Å². The van der Waals surface area contributed by atoms with Crippen LogP contribution in [0.2, 0.25) is 0 Å². The molecular weight excluding hydrogens is 276 g/mol. The van der Waals surface area contributed by atoms with Crippen molar-refractivity contribution in [2.75, 3.05) is 23.7 Å². The molecule has 1 aliphatic heterocycles. The number of nitrogens with zero attached hydrogens (tertiary/aromatic N) is 3. The molecule has 1 aromatic rings. The predicted molar refractivity (Wildman–Crippen MR) is 74.8 cm³/mol. The van der Waals surface area contributed by atoms with Crippen molar-refractivity contribution < 1.29 is 14.8 Å². The molecule has 110 valence electrons. The van der Waals surface area contributed by atoms with Gasteiger partial charge in [-0.05, 0) is 25.5 Å². The first-order valence-electron chi connectivity index (χ1n) is 6.25. The number of anilines is 2. The predicted octanol–water partition coefficient (Wildman–Crippen LogP) is 1.35. The zero-order valence-electron chi connectivity index (χ0n) is 11.4. The molecule has 1 aliphatic rings. The third-order valence-electron chi connectivity index (χ3n) is 3.78. The molecule has 21 heavy (non-hydrogen) atoms. The van der Waals surface area contributed by atoms with Crippen LogP contribution in [0.25, 0.3) is 0 Å². The SMILES string of the molecule is CC1(C(=O)O)CCN(c2cc(N)c([N+](=O)[O-])c(C#N)c2)C1. The average Bonchev–Trinajstić information content (AvgIpc) is 2.81. The third-order valence-corrected chi connectivity index (χ3v) is 3.78. The number of hydrogen-bond acceptors (Lipinski definition) is 6. The lowest BCUT2D eigenvalue weighted by Crippen LogP contribution is -2.31. The van der Waals surface area contributed by atoms with Crippen LogP contribution in [-0.4, -0.2) is 29.1 Å². The minimum Gasteiger partial charge on any atom is -0.481 e. The van der Waals surface area contributed by atoms with E-state index in [1.165, 1.54) is 12.1 Å². The molecule has 0 aliphatic carbocycles. The van der Waals surface area contributed by atoms with Crippen LogP contribution in [0.3, 0.4) is 0 Å². The van der Waals surface area contributed by atoms with Gasteiger partial charge in [0.2, 0.25) is 0 Å². The Kier molecular flexibility index (Phi) is 3.43. The minimum absolute atomic E-state index is 0.0991. The minimum atomic E-state index is -0.889. The standard InChI is InChI=1S/C13H14N4O4/c1-13(12(18)19)2-3-16(7-13)9-4-8(6-14)11(17(20)21)10(15)5-9/h4-5H,2-3,7,15H2,1H3,(H,18,19). The highest BCUT2D eigenvalue weighted by Gasteiger charge is 2.41. The van der Waals surface area contributed by atoms with Gasteiger partial charge in [0.05, 0.1) is 10.3 Å². The van der Waals surface area contributed by atoms with Crippen LogP contribution >= 0.6 is 0 Å². The molecular formula is C13H14N4O4. The van der Waals surface area contributed by atoms with Crippen molar-refractivity contribution in [3.05, 3.63) is 27.8 Å². The summed E-state index contributed by atoms with van der Waals surface area (Å²) >= 11 is 0. The van der Waals surface area contributed by atoms with Crippen LogP contribution in [0, 0.1) is 26.9 Å². The molecule has 8 heteroatoms. The zero-order valence-corrected chi connectivity index (χ0v) is 11.4. The molecule has 0 spiro atoms. The molecule has 8 nitrogen and oxygen atoms in total. The molecule has 0 bridgehead atoms. The first-order chi connectivity index (χ1) is 9.78. The van der Waals surface area contributed by atoms with Crippen molar-refractivity contribution >= 4 is 23.0 Å². The topological polar surface area (TPSA) is 133 Å². The van der Waals surface area contributed by atoms with Crippen LogP contribution < -0.4 is 10.6 Å². The molecule has 1 heterocycles. The molecule has 3 N–H and O–H groups in total. The second kappa shape index (κ2) is 4.94. The monoisotopic (exact) mass is 290 g/mol. The summed E-state index contributed by atoms with van der Waals surface area (Å²) in [7, 11) is 0. The van der Waals surface area contributed by atoms with Gasteiger partial charge >= 0.3 is 11.7 Å². The lowest BCUT2D eigenvalue weighted by molar-refractivity contribution is -0.384. The smallest absolute Gasteiger partial charge is 0.311 e. The normalized spacial score (nSPS) is 21.0. The summed E-state index contributed by atoms with van der Waals surface area (Å²) in [6.07, 6.45) is 0.459. The van der Waals surface area contributed by atoms with Gasteiger partial charge in [0, 0.05) is 18.8 Å². The lowest BCUT2D eigenvalue weighted by Gasteiger charge is -2.22. The molecule has 0 amide bonds. The number of carboxylic acid groups (broad SMARTS) is 1. The summed E-state index contributed by atoms with van der Waals surface area (Å²) in [6, 6.07) is 4.55. The summed E-state index contributed by atoms with van der Waals surface area (Å²) < 4.78 is 0. The average molecular weight is 290 g/mol. The maximum atomic E-state index is 11.2. The maximum Gasteiger partial charge on any atom is 0.311 e. The second-order valence-corrected chi connectivity index (χ2v) is 5.34. The maximum absolute atomic E-state index is 11.2. The quantitative estimate of drug-likeness (QED) is 0.487. The van der Waals surface area contributed by atoms with Crippen molar-refractivity contribution in [1.29, 1.82) is 5.26 Å². The Morgan fingerprint density at radius 1 is 1.62 bits per heavy atom. The van der Waals surface area contributed by atoms with E-state index < -0.39 is 22.0 Å². The van der Waals surface area contributed by atoms with Crippen molar-refractivity contribution in [2.45, 2.75) is 13.3 Å². The fourth-order valence-corrected chi connectivity index (χ4v) is 2.47. The number of carboxylic acids is 1. The van der Waals surface area contributed by atoms with Crippen LogP contribution in [0.4, 0.5) is 17.1 Å². The van der Waals surface area contributed by atoms with E-state index in [1.807, 2.05) is 0 Å². The molecule has 1 saturated heterocycles. The first-order valence-corrected chi connectivity index (χ1v) is 6.25. The Hall–Kier alpha value is -2.82. The molecule has 2 rings (SSSR count). The highest BCUT2D eigenvalue weighted by molar-refractivity contribution is 5.78. The van der Waals surface area contributed by atoms with Crippen molar-refractivity contribution in [2.24, 2.45) is 5.41 Å². The molecule has 0 aromatic heterocycles. The van der Waals surface area contributed by atoms with Crippen LogP contribution in [-0.2, 0) is 4.79 Å². The largest absolute Gasteiger partial charge is 0.481 e. The summed E-state index contributed by atoms with van der Waals surface area (Å²) in [5, 5.41) is 29.2. The van der Waals surface area contributed by atoms with E-state index in [2.05, 4.69) is 0 Å². The Labute approximate surface area is 120 Å². The number of nitriles is 1. The number of nitrogens with two attached hydrogens (primary N) is 1. The third kappa shape index (κ3) is 2.45. The van der Waals surface area contributed by atoms with Gasteiger partial charge in [-0.25, -0.2) is 0 Å². The number of nitro groups is 1. The number of carbonyl (C=O) groups is 1. The molecule has 1 atom stereocenters. The van der Waals surface area contributed by atoms with Gasteiger partial charge < -0.3 is 15.7 Å². The molecule has 1 aromatic carbocycles. The summed E-state index contributed by atoms with van der Waals surface area (Å²) in [6.45, 7) is 2.41. The van der Waals surface area contributed by atoms with Crippen molar-refractivity contribution in [3.8, 4) is 6.07 Å². The Bertz CT molecular complexity index is 667. The van der Waals surface area contributed by atoms with Crippen LogP contribution in [0.5, 0.6) is 0 Å². The zero-order chi connectivity index (χ0) is 15.8. The van der Waals surface area contributed by atoms with Crippen LogP contribution in [0.1, 0.15) is 18.9 Å². The second-order valence-electron chi connectivity index (χ2n) is 5.34. The van der Waals surface area contributed by atoms with Gasteiger partial charge in [-0.3, -0.25) is 14.9 Å². The van der Waals surface area contributed by atoms with Gasteiger partial charge in [0.1, 0.15) is 17.3 Å². The van der Waals surface area contributed by atoms with E-state index in [1.54, 1.807) is 17.9 Å². The van der Waals surface area contributed by atoms with Gasteiger partial charge in [0.15, 0.2) is 0 Å². The summed E-state index contributed by atoms with van der Waals surface area (Å²) in [5.74, 6) is -0.889. The number of hydrogen-bond donors (Lipinski definition) is 2. The van der Waals surface area contributed by atoms with Gasteiger partial charge in [-0.2, -0.15) is 5.26 Å².